The van der Waals surface area contributed by atoms with Gasteiger partial charge in [-0.15, -0.1) is 0 Å². The predicted molar refractivity (Wildman–Crippen MR) is 114 cm³/mol. The second kappa shape index (κ2) is 8.88. The number of hydrogen-bond acceptors (Lipinski definition) is 8. The Morgan fingerprint density at radius 1 is 1.30 bits per heavy atom. The highest BCUT2D eigenvalue weighted by molar-refractivity contribution is 7.98. The second-order valence-corrected chi connectivity index (χ2v) is 9.67. The van der Waals surface area contributed by atoms with Gasteiger partial charge in [-0.1, -0.05) is 23.4 Å². The maximum Gasteiger partial charge on any atom is 0.359 e. The lowest BCUT2D eigenvalue weighted by atomic mass is 10.3. The molecule has 30 heavy (non-hydrogen) atoms. The molecule has 0 aliphatic carbocycles. The summed E-state index contributed by atoms with van der Waals surface area (Å²) in [7, 11) is -0.648. The van der Waals surface area contributed by atoms with E-state index in [1.807, 2.05) is 11.5 Å². The Bertz CT molecular complexity index is 1210. The van der Waals surface area contributed by atoms with Gasteiger partial charge in [-0.3, -0.25) is 0 Å². The van der Waals surface area contributed by atoms with Crippen LogP contribution in [0.15, 0.2) is 34.4 Å². The van der Waals surface area contributed by atoms with Gasteiger partial charge in [0, 0.05) is 20.6 Å². The predicted octanol–water partition coefficient (Wildman–Crippen LogP) is 2.83. The van der Waals surface area contributed by atoms with Gasteiger partial charge in [0.05, 0.1) is 27.1 Å². The summed E-state index contributed by atoms with van der Waals surface area (Å²) in [5.41, 5.74) is 1.22. The molecule has 0 radical (unpaired) electrons. The molecule has 0 N–H and O–H groups in total. The zero-order valence-electron chi connectivity index (χ0n) is 16.8. The van der Waals surface area contributed by atoms with Gasteiger partial charge < -0.3 is 9.30 Å². The van der Waals surface area contributed by atoms with Crippen molar-refractivity contribution in [1.29, 1.82) is 0 Å². The van der Waals surface area contributed by atoms with E-state index in [9.17, 15) is 13.2 Å². The number of ether oxygens (including phenoxy) is 1. The minimum atomic E-state index is -3.58. The number of rotatable bonds is 7. The third kappa shape index (κ3) is 4.29. The third-order valence-corrected chi connectivity index (χ3v) is 6.97. The first-order valence-corrected chi connectivity index (χ1v) is 11.9. The molecule has 0 amide bonds. The number of aromatic nitrogens is 4. The molecule has 3 aromatic rings. The summed E-state index contributed by atoms with van der Waals surface area (Å²) in [6.07, 6.45) is 3.14. The van der Waals surface area contributed by atoms with Gasteiger partial charge in [-0.25, -0.2) is 32.5 Å². The molecule has 0 saturated heterocycles. The maximum atomic E-state index is 12.5. The fraction of sp³-hybridized carbons (Fsp3) is 0.333. The van der Waals surface area contributed by atoms with Crippen molar-refractivity contribution in [3.8, 4) is 0 Å². The highest BCUT2D eigenvalue weighted by Gasteiger charge is 2.21. The third-order valence-electron chi connectivity index (χ3n) is 4.32. The number of benzene rings is 1. The number of esters is 1. The molecular formula is C18H20ClN5O4S2. The molecule has 3 rings (SSSR count). The van der Waals surface area contributed by atoms with Gasteiger partial charge in [0.1, 0.15) is 12.4 Å². The molecule has 12 heteroatoms. The number of fused-ring (bicyclic) bond motifs is 1. The van der Waals surface area contributed by atoms with Crippen molar-refractivity contribution >= 4 is 50.4 Å². The van der Waals surface area contributed by atoms with Gasteiger partial charge in [0.2, 0.25) is 10.0 Å². The molecule has 0 aliphatic heterocycles. The number of nitrogens with zero attached hydrogens (tertiary/aromatic N) is 5. The Morgan fingerprint density at radius 2 is 2.03 bits per heavy atom. The summed E-state index contributed by atoms with van der Waals surface area (Å²) in [6, 6.07) is 4.74. The van der Waals surface area contributed by atoms with E-state index >= 15 is 0 Å². The first-order chi connectivity index (χ1) is 14.2. The van der Waals surface area contributed by atoms with Crippen LogP contribution in [0.4, 0.5) is 0 Å². The molecule has 2 heterocycles. The Kier molecular flexibility index (Phi) is 6.65. The first-order valence-electron chi connectivity index (χ1n) is 8.84. The van der Waals surface area contributed by atoms with Crippen LogP contribution in [0.2, 0.25) is 5.02 Å². The first kappa shape index (κ1) is 22.5. The van der Waals surface area contributed by atoms with Crippen LogP contribution in [0.1, 0.15) is 23.2 Å². The molecule has 0 fully saturated rings. The molecule has 160 valence electrons. The van der Waals surface area contributed by atoms with E-state index in [2.05, 4.69) is 15.0 Å². The number of carbonyl (C=O) groups excluding carboxylic acids is 1. The molecule has 2 aromatic heterocycles. The molecule has 0 spiro atoms. The van der Waals surface area contributed by atoms with Crippen molar-refractivity contribution in [2.45, 2.75) is 30.1 Å². The van der Waals surface area contributed by atoms with Crippen molar-refractivity contribution in [3.63, 3.8) is 0 Å². The van der Waals surface area contributed by atoms with E-state index in [1.165, 1.54) is 44.2 Å². The molecule has 0 unspecified atom stereocenters. The summed E-state index contributed by atoms with van der Waals surface area (Å²) < 4.78 is 33.1. The molecule has 1 aromatic carbocycles. The molecule has 0 atom stereocenters. The van der Waals surface area contributed by atoms with Crippen LogP contribution in [-0.4, -0.2) is 58.6 Å². The number of thioether (sulfide) groups is 1. The van der Waals surface area contributed by atoms with Crippen LogP contribution in [0.25, 0.3) is 11.0 Å². The average Bonchev–Trinajstić information content (AvgIpc) is 3.08. The number of carbonyl (C=O) groups is 1. The average molecular weight is 470 g/mol. The minimum absolute atomic E-state index is 0.0189. The van der Waals surface area contributed by atoms with Gasteiger partial charge >= 0.3 is 5.97 Å². The molecular weight excluding hydrogens is 450 g/mol. The fourth-order valence-corrected chi connectivity index (χ4v) is 4.22. The van der Waals surface area contributed by atoms with Crippen LogP contribution in [0, 0.1) is 0 Å². The summed E-state index contributed by atoms with van der Waals surface area (Å²) in [4.78, 5) is 25.2. The lowest BCUT2D eigenvalue weighted by Gasteiger charge is -2.11. The standard InChI is InChI=1S/C18H20ClN5O4S2/c1-5-24-14-7-6-11(30(26,27)23(2)3)8-13(14)21-15(24)10-28-17(25)16-12(19)9-20-18(22-16)29-4/h6-9H,5,10H2,1-4H3. The van der Waals surface area contributed by atoms with Crippen molar-refractivity contribution < 1.29 is 17.9 Å². The lowest BCUT2D eigenvalue weighted by molar-refractivity contribution is 0.0450. The maximum absolute atomic E-state index is 12.5. The monoisotopic (exact) mass is 469 g/mol. The number of halogens is 1. The van der Waals surface area contributed by atoms with Gasteiger partial charge in [-0.2, -0.15) is 0 Å². The van der Waals surface area contributed by atoms with Crippen LogP contribution < -0.4 is 0 Å². The number of hydrogen-bond donors (Lipinski definition) is 0. The number of imidazole rings is 1. The number of sulfonamides is 1. The van der Waals surface area contributed by atoms with Crippen molar-refractivity contribution in [2.24, 2.45) is 0 Å². The topological polar surface area (TPSA) is 107 Å². The number of aryl methyl sites for hydroxylation is 1. The van der Waals surface area contributed by atoms with Crippen LogP contribution in [-0.2, 0) is 27.9 Å². The zero-order chi connectivity index (χ0) is 22.1. The van der Waals surface area contributed by atoms with Crippen LogP contribution in [0.5, 0.6) is 0 Å². The highest BCUT2D eigenvalue weighted by Crippen LogP contribution is 2.23. The highest BCUT2D eigenvalue weighted by atomic mass is 35.5. The van der Waals surface area contributed by atoms with Crippen molar-refractivity contribution in [3.05, 3.63) is 40.9 Å². The largest absolute Gasteiger partial charge is 0.453 e. The van der Waals surface area contributed by atoms with Crippen molar-refractivity contribution in [2.75, 3.05) is 20.4 Å². The van der Waals surface area contributed by atoms with E-state index in [0.717, 1.165) is 9.82 Å². The zero-order valence-corrected chi connectivity index (χ0v) is 19.2. The Labute approximate surface area is 183 Å². The minimum Gasteiger partial charge on any atom is -0.453 e. The van der Waals surface area contributed by atoms with Crippen LogP contribution in [0.3, 0.4) is 0 Å². The van der Waals surface area contributed by atoms with Gasteiger partial charge in [0.25, 0.3) is 0 Å². The SMILES string of the molecule is CCn1c(COC(=O)c2nc(SC)ncc2Cl)nc2cc(S(=O)(=O)N(C)C)ccc21. The van der Waals surface area contributed by atoms with E-state index in [4.69, 9.17) is 16.3 Å². The molecule has 9 nitrogen and oxygen atoms in total. The summed E-state index contributed by atoms with van der Waals surface area (Å²) in [6.45, 7) is 2.36. The van der Waals surface area contributed by atoms with E-state index in [0.29, 0.717) is 23.0 Å². The molecule has 0 bridgehead atoms. The lowest BCUT2D eigenvalue weighted by Crippen LogP contribution is -2.22. The van der Waals surface area contributed by atoms with Crippen molar-refractivity contribution in [1.82, 2.24) is 23.8 Å². The summed E-state index contributed by atoms with van der Waals surface area (Å²) in [5, 5.41) is 0.502. The van der Waals surface area contributed by atoms with E-state index in [-0.39, 0.29) is 22.2 Å². The van der Waals surface area contributed by atoms with E-state index in [1.54, 1.807) is 12.3 Å². The smallest absolute Gasteiger partial charge is 0.359 e. The van der Waals surface area contributed by atoms with E-state index < -0.39 is 16.0 Å². The molecule has 0 saturated carbocycles. The van der Waals surface area contributed by atoms with Gasteiger partial charge in [-0.05, 0) is 31.4 Å². The Balaban J connectivity index is 1.90. The van der Waals surface area contributed by atoms with Gasteiger partial charge in [0.15, 0.2) is 10.9 Å². The second-order valence-electron chi connectivity index (χ2n) is 6.34. The summed E-state index contributed by atoms with van der Waals surface area (Å²) in [5.74, 6) is -0.209. The van der Waals surface area contributed by atoms with Crippen LogP contribution >= 0.6 is 23.4 Å². The Hall–Kier alpha value is -2.21. The Morgan fingerprint density at radius 3 is 2.67 bits per heavy atom. The quantitative estimate of drug-likeness (QED) is 0.295. The normalized spacial score (nSPS) is 11.9. The molecule has 0 aliphatic rings. The summed E-state index contributed by atoms with van der Waals surface area (Å²) >= 11 is 7.30. The fourth-order valence-electron chi connectivity index (χ4n) is 2.78.